The molecule has 2 aromatic rings. The van der Waals surface area contributed by atoms with Gasteiger partial charge in [-0.25, -0.2) is 9.97 Å². The molecule has 2 heterocycles. The predicted octanol–water partition coefficient (Wildman–Crippen LogP) is 2.13. The number of hydrogen-bond acceptors (Lipinski definition) is 5. The molecule has 6 heteroatoms. The summed E-state index contributed by atoms with van der Waals surface area (Å²) in [6.45, 7) is 0.348. The maximum atomic E-state index is 6.01. The lowest BCUT2D eigenvalue weighted by Gasteiger charge is -2.04. The summed E-state index contributed by atoms with van der Waals surface area (Å²) in [7, 11) is 0. The molecule has 0 fully saturated rings. The van der Waals surface area contributed by atoms with E-state index < -0.39 is 0 Å². The van der Waals surface area contributed by atoms with Crippen molar-refractivity contribution >= 4 is 23.4 Å². The lowest BCUT2D eigenvalue weighted by Crippen LogP contribution is -2.02. The number of nitrogens with zero attached hydrogens (tertiary/aromatic N) is 3. The molecular weight excluding hydrogens is 244 g/mol. The molecule has 2 rings (SSSR count). The maximum Gasteiger partial charge on any atom is 0.125 e. The summed E-state index contributed by atoms with van der Waals surface area (Å²) in [5.74, 6) is 0. The van der Waals surface area contributed by atoms with E-state index in [1.54, 1.807) is 30.7 Å². The Kier molecular flexibility index (Phi) is 3.71. The van der Waals surface area contributed by atoms with Crippen LogP contribution in [0.1, 0.15) is 5.69 Å². The van der Waals surface area contributed by atoms with E-state index in [9.17, 15) is 0 Å². The molecule has 0 aliphatic carbocycles. The van der Waals surface area contributed by atoms with Crippen LogP contribution in [0.2, 0.25) is 5.02 Å². The van der Waals surface area contributed by atoms with Crippen LogP contribution in [0, 0.1) is 0 Å². The molecule has 4 nitrogen and oxygen atoms in total. The van der Waals surface area contributed by atoms with Crippen molar-refractivity contribution in [2.75, 3.05) is 0 Å². The van der Waals surface area contributed by atoms with Gasteiger partial charge in [0.05, 0.1) is 10.7 Å². The van der Waals surface area contributed by atoms with Gasteiger partial charge >= 0.3 is 0 Å². The Morgan fingerprint density at radius 1 is 1.12 bits per heavy atom. The third-order valence-electron chi connectivity index (χ3n) is 1.85. The molecule has 2 N–H and O–H groups in total. The molecule has 0 atom stereocenters. The Hall–Kier alpha value is -1.17. The van der Waals surface area contributed by atoms with Gasteiger partial charge in [-0.15, -0.1) is 0 Å². The summed E-state index contributed by atoms with van der Waals surface area (Å²) < 4.78 is 0. The minimum atomic E-state index is 0.348. The molecule has 2 aromatic heterocycles. The standard InChI is InChI=1S/C10H9ClN4S/c11-7-2-1-3-14-9(7)16-10-8(6-12)13-4-5-15-10/h1-5H,6,12H2. The van der Waals surface area contributed by atoms with Gasteiger partial charge in [0.2, 0.25) is 0 Å². The lowest BCUT2D eigenvalue weighted by molar-refractivity contribution is 0.884. The molecule has 0 spiro atoms. The fraction of sp³-hybridized carbons (Fsp3) is 0.100. The van der Waals surface area contributed by atoms with Gasteiger partial charge in [0, 0.05) is 25.1 Å². The van der Waals surface area contributed by atoms with Crippen molar-refractivity contribution in [3.63, 3.8) is 0 Å². The van der Waals surface area contributed by atoms with Crippen molar-refractivity contribution < 1.29 is 0 Å². The zero-order chi connectivity index (χ0) is 11.4. The van der Waals surface area contributed by atoms with Crippen molar-refractivity contribution in [3.8, 4) is 0 Å². The van der Waals surface area contributed by atoms with E-state index in [2.05, 4.69) is 15.0 Å². The second-order valence-corrected chi connectivity index (χ2v) is 4.29. The van der Waals surface area contributed by atoms with Crippen molar-refractivity contribution in [2.45, 2.75) is 16.6 Å². The molecule has 0 amide bonds. The van der Waals surface area contributed by atoms with E-state index in [-0.39, 0.29) is 0 Å². The first-order valence-electron chi connectivity index (χ1n) is 4.59. The van der Waals surface area contributed by atoms with E-state index in [1.807, 2.05) is 0 Å². The number of pyridine rings is 1. The van der Waals surface area contributed by atoms with Gasteiger partial charge < -0.3 is 5.73 Å². The number of nitrogens with two attached hydrogens (primary N) is 1. The summed E-state index contributed by atoms with van der Waals surface area (Å²) in [4.78, 5) is 12.5. The van der Waals surface area contributed by atoms with Gasteiger partial charge in [0.1, 0.15) is 10.1 Å². The van der Waals surface area contributed by atoms with E-state index in [4.69, 9.17) is 17.3 Å². The van der Waals surface area contributed by atoms with Gasteiger partial charge in [-0.3, -0.25) is 4.98 Å². The van der Waals surface area contributed by atoms with Gasteiger partial charge in [-0.1, -0.05) is 11.6 Å². The molecule has 0 aromatic carbocycles. The topological polar surface area (TPSA) is 64.7 Å². The molecule has 0 saturated carbocycles. The molecule has 16 heavy (non-hydrogen) atoms. The summed E-state index contributed by atoms with van der Waals surface area (Å²) in [5.41, 5.74) is 6.32. The summed E-state index contributed by atoms with van der Waals surface area (Å²) in [6, 6.07) is 3.57. The summed E-state index contributed by atoms with van der Waals surface area (Å²) in [5, 5.41) is 2.05. The van der Waals surface area contributed by atoms with Gasteiger partial charge in [-0.2, -0.15) is 0 Å². The fourth-order valence-electron chi connectivity index (χ4n) is 1.12. The molecule has 82 valence electrons. The van der Waals surface area contributed by atoms with Crippen LogP contribution in [-0.2, 0) is 6.54 Å². The quantitative estimate of drug-likeness (QED) is 0.907. The Balaban J connectivity index is 2.30. The van der Waals surface area contributed by atoms with Crippen molar-refractivity contribution in [3.05, 3.63) is 41.4 Å². The van der Waals surface area contributed by atoms with Crippen LogP contribution >= 0.6 is 23.4 Å². The molecule has 0 radical (unpaired) electrons. The molecular formula is C10H9ClN4S. The predicted molar refractivity (Wildman–Crippen MR) is 63.3 cm³/mol. The number of halogens is 1. The average molecular weight is 253 g/mol. The smallest absolute Gasteiger partial charge is 0.125 e. The second-order valence-electron chi connectivity index (χ2n) is 2.90. The highest BCUT2D eigenvalue weighted by molar-refractivity contribution is 7.99. The van der Waals surface area contributed by atoms with Gasteiger partial charge in [0.15, 0.2) is 0 Å². The number of aromatic nitrogens is 3. The minimum absolute atomic E-state index is 0.348. The summed E-state index contributed by atoms with van der Waals surface area (Å²) >= 11 is 7.38. The van der Waals surface area contributed by atoms with Crippen molar-refractivity contribution in [1.82, 2.24) is 15.0 Å². The van der Waals surface area contributed by atoms with E-state index in [0.717, 1.165) is 10.7 Å². The van der Waals surface area contributed by atoms with E-state index in [0.29, 0.717) is 16.6 Å². The molecule has 0 bridgehead atoms. The Morgan fingerprint density at radius 3 is 2.62 bits per heavy atom. The van der Waals surface area contributed by atoms with Gasteiger partial charge in [0.25, 0.3) is 0 Å². The SMILES string of the molecule is NCc1nccnc1Sc1ncccc1Cl. The van der Waals surface area contributed by atoms with Crippen LogP contribution in [0.5, 0.6) is 0 Å². The zero-order valence-corrected chi connectivity index (χ0v) is 9.87. The van der Waals surface area contributed by atoms with Crippen LogP contribution < -0.4 is 5.73 Å². The highest BCUT2D eigenvalue weighted by Crippen LogP contribution is 2.30. The first-order chi connectivity index (χ1) is 7.81. The van der Waals surface area contributed by atoms with Gasteiger partial charge in [-0.05, 0) is 23.9 Å². The van der Waals surface area contributed by atoms with Crippen LogP contribution in [0.4, 0.5) is 0 Å². The van der Waals surface area contributed by atoms with Crippen LogP contribution in [0.15, 0.2) is 40.8 Å². The Morgan fingerprint density at radius 2 is 1.88 bits per heavy atom. The highest BCUT2D eigenvalue weighted by atomic mass is 35.5. The van der Waals surface area contributed by atoms with Crippen LogP contribution in [-0.4, -0.2) is 15.0 Å². The zero-order valence-electron chi connectivity index (χ0n) is 8.30. The van der Waals surface area contributed by atoms with Crippen molar-refractivity contribution in [2.24, 2.45) is 5.73 Å². The third kappa shape index (κ3) is 2.49. The molecule has 0 saturated heterocycles. The fourth-order valence-corrected chi connectivity index (χ4v) is 2.18. The highest BCUT2D eigenvalue weighted by Gasteiger charge is 2.08. The van der Waals surface area contributed by atoms with Crippen LogP contribution in [0.25, 0.3) is 0 Å². The largest absolute Gasteiger partial charge is 0.325 e. The second kappa shape index (κ2) is 5.25. The minimum Gasteiger partial charge on any atom is -0.325 e. The third-order valence-corrected chi connectivity index (χ3v) is 3.32. The van der Waals surface area contributed by atoms with Crippen molar-refractivity contribution in [1.29, 1.82) is 0 Å². The molecule has 0 aliphatic heterocycles. The monoisotopic (exact) mass is 252 g/mol. The number of rotatable bonds is 3. The maximum absolute atomic E-state index is 6.01. The Labute approximate surface area is 102 Å². The normalized spacial score (nSPS) is 10.4. The average Bonchev–Trinajstić information content (AvgIpc) is 2.33. The molecule has 0 aliphatic rings. The molecule has 0 unspecified atom stereocenters. The first-order valence-corrected chi connectivity index (χ1v) is 5.79. The van der Waals surface area contributed by atoms with E-state index in [1.165, 1.54) is 11.8 Å². The Bertz CT molecular complexity index is 492. The lowest BCUT2D eigenvalue weighted by atomic mass is 10.5. The summed E-state index contributed by atoms with van der Waals surface area (Å²) in [6.07, 6.45) is 4.93. The number of hydrogen-bond donors (Lipinski definition) is 1. The van der Waals surface area contributed by atoms with E-state index >= 15 is 0 Å². The first kappa shape index (κ1) is 11.3. The van der Waals surface area contributed by atoms with Crippen LogP contribution in [0.3, 0.4) is 0 Å².